The number of carboxylic acid groups (broad SMARTS) is 1. The van der Waals surface area contributed by atoms with Crippen LogP contribution in [0.2, 0.25) is 0 Å². The van der Waals surface area contributed by atoms with Crippen LogP contribution in [0.4, 0.5) is 0 Å². The van der Waals surface area contributed by atoms with Gasteiger partial charge in [-0.1, -0.05) is 307 Å². The molecule has 2 atom stereocenters. The molecule has 1 N–H and O–H groups in total. The summed E-state index contributed by atoms with van der Waals surface area (Å²) < 4.78 is 23.0. The van der Waals surface area contributed by atoms with Gasteiger partial charge in [-0.25, -0.2) is 4.79 Å². The molecule has 0 aromatic carbocycles. The predicted molar refractivity (Wildman–Crippen MR) is 391 cm³/mol. The van der Waals surface area contributed by atoms with Crippen molar-refractivity contribution < 1.29 is 42.9 Å². The number of aliphatic carboxylic acids is 1. The van der Waals surface area contributed by atoms with Gasteiger partial charge in [0.25, 0.3) is 6.29 Å². The lowest BCUT2D eigenvalue weighted by Crippen LogP contribution is -2.40. The van der Waals surface area contributed by atoms with E-state index in [-0.39, 0.29) is 32.2 Å². The largest absolute Gasteiger partial charge is 0.477 e. The summed E-state index contributed by atoms with van der Waals surface area (Å²) in [7, 11) is 5.97. The number of unbranched alkanes of at least 4 members (excludes halogenated alkanes) is 25. The van der Waals surface area contributed by atoms with Crippen LogP contribution in [0.3, 0.4) is 0 Å². The molecule has 91 heavy (non-hydrogen) atoms. The Balaban J connectivity index is 4.16. The second-order valence-electron chi connectivity index (χ2n) is 25.1. The number of carboxylic acids is 1. The van der Waals surface area contributed by atoms with E-state index in [9.17, 15) is 19.5 Å². The van der Waals surface area contributed by atoms with Gasteiger partial charge in [0.2, 0.25) is 0 Å². The highest BCUT2D eigenvalue weighted by Crippen LogP contribution is 2.17. The number of carbonyl (C=O) groups is 3. The minimum Gasteiger partial charge on any atom is -0.477 e. The van der Waals surface area contributed by atoms with Crippen LogP contribution in [0.25, 0.3) is 0 Å². The summed E-state index contributed by atoms with van der Waals surface area (Å²) in [5.41, 5.74) is 0. The molecule has 0 radical (unpaired) electrons. The Kier molecular flexibility index (Phi) is 66.8. The third-order valence-corrected chi connectivity index (χ3v) is 15.3. The Morgan fingerprint density at radius 2 is 0.593 bits per heavy atom. The van der Waals surface area contributed by atoms with Crippen molar-refractivity contribution >= 4 is 17.9 Å². The summed E-state index contributed by atoms with van der Waals surface area (Å²) in [5, 5.41) is 9.76. The molecule has 0 saturated carbocycles. The molecule has 0 heterocycles. The molecule has 2 unspecified atom stereocenters. The van der Waals surface area contributed by atoms with Gasteiger partial charge < -0.3 is 28.5 Å². The third kappa shape index (κ3) is 72.2. The molecule has 516 valence electrons. The van der Waals surface area contributed by atoms with Gasteiger partial charge in [0.05, 0.1) is 34.4 Å². The van der Waals surface area contributed by atoms with Crippen LogP contribution in [-0.2, 0) is 33.3 Å². The van der Waals surface area contributed by atoms with Crippen molar-refractivity contribution in [3.05, 3.63) is 158 Å². The Hall–Kier alpha value is -5.09. The lowest BCUT2D eigenvalue weighted by Gasteiger charge is -2.25. The van der Waals surface area contributed by atoms with Gasteiger partial charge in [0.15, 0.2) is 6.10 Å². The van der Waals surface area contributed by atoms with Gasteiger partial charge >= 0.3 is 17.9 Å². The van der Waals surface area contributed by atoms with Crippen molar-refractivity contribution in [2.45, 2.75) is 296 Å². The summed E-state index contributed by atoms with van der Waals surface area (Å²) in [5.74, 6) is -2.02. The van der Waals surface area contributed by atoms with E-state index in [0.717, 1.165) is 128 Å². The van der Waals surface area contributed by atoms with Crippen LogP contribution in [0, 0.1) is 0 Å². The van der Waals surface area contributed by atoms with Crippen molar-refractivity contribution in [1.29, 1.82) is 0 Å². The fourth-order valence-electron chi connectivity index (χ4n) is 9.76. The molecule has 0 fully saturated rings. The van der Waals surface area contributed by atoms with Crippen LogP contribution < -0.4 is 0 Å². The van der Waals surface area contributed by atoms with Crippen molar-refractivity contribution in [2.75, 3.05) is 47.5 Å². The lowest BCUT2D eigenvalue weighted by molar-refractivity contribution is -0.870. The van der Waals surface area contributed by atoms with Crippen molar-refractivity contribution in [2.24, 2.45) is 0 Å². The number of likely N-dealkylation sites (N-methyl/N-ethyl adjacent to an activating group) is 1. The molecule has 0 bridgehead atoms. The first-order valence-electron chi connectivity index (χ1n) is 36.6. The van der Waals surface area contributed by atoms with Gasteiger partial charge in [0, 0.05) is 12.8 Å². The number of quaternary nitrogens is 1. The smallest absolute Gasteiger partial charge is 0.361 e. The summed E-state index contributed by atoms with van der Waals surface area (Å²) in [6, 6.07) is 0. The van der Waals surface area contributed by atoms with Gasteiger partial charge in [-0.05, 0) is 122 Å². The topological polar surface area (TPSA) is 108 Å². The first-order valence-corrected chi connectivity index (χ1v) is 36.6. The second-order valence-corrected chi connectivity index (χ2v) is 25.1. The molecule has 0 saturated heterocycles. The number of carbonyl (C=O) groups excluding carboxylic acids is 2. The fourth-order valence-corrected chi connectivity index (χ4v) is 9.76. The van der Waals surface area contributed by atoms with E-state index in [0.29, 0.717) is 23.9 Å². The highest BCUT2D eigenvalue weighted by atomic mass is 16.7. The number of esters is 2. The molecule has 0 rings (SSSR count). The number of hydrogen-bond acceptors (Lipinski definition) is 7. The predicted octanol–water partition coefficient (Wildman–Crippen LogP) is 23.2. The molecule has 0 aliphatic heterocycles. The zero-order valence-electron chi connectivity index (χ0n) is 58.9. The van der Waals surface area contributed by atoms with Gasteiger partial charge in [-0.2, -0.15) is 0 Å². The quantitative estimate of drug-likeness (QED) is 0.0211. The van der Waals surface area contributed by atoms with E-state index in [1.807, 2.05) is 21.1 Å². The van der Waals surface area contributed by atoms with E-state index >= 15 is 0 Å². The van der Waals surface area contributed by atoms with Crippen LogP contribution >= 0.6 is 0 Å². The number of allylic oxidation sites excluding steroid dienone is 26. The monoisotopic (exact) mass is 1260 g/mol. The average Bonchev–Trinajstić information content (AvgIpc) is 3.46. The van der Waals surface area contributed by atoms with Crippen molar-refractivity contribution in [3.63, 3.8) is 0 Å². The first kappa shape index (κ1) is 85.9. The maximum atomic E-state index is 13.0. The summed E-state index contributed by atoms with van der Waals surface area (Å²) in [6.07, 6.45) is 102. The second kappa shape index (κ2) is 70.8. The van der Waals surface area contributed by atoms with Crippen LogP contribution in [0.5, 0.6) is 0 Å². The number of hydrogen-bond donors (Lipinski definition) is 1. The van der Waals surface area contributed by atoms with Gasteiger partial charge in [0.1, 0.15) is 13.2 Å². The standard InChI is InChI=1S/C82H135NO8/c1-6-8-10-12-14-16-18-20-22-24-26-28-30-32-34-36-38-39-40-41-43-45-47-49-51-53-55-57-59-61-63-65-67-69-71-73-80(85)91-78(77-90-82(81(86)87)88-75-74-83(3,4)5)76-89-79(84)72-70-68-66-64-62-60-58-56-54-52-50-48-46-44-42-37-35-33-31-29-27-25-23-21-19-17-15-13-11-9-7-2/h8-11,14-17,20-23,26-29,32,34,38-39,41,43,47,49,53,55,78,82H,6-7,12-13,18-19,24-25,30-31,33,35-37,40,42,44-46,48,50-52,54,56-77H2,1-5H3/p+1/b10-8-,11-9-,16-14-,17-15-,22-20-,23-21-,28-26-,29-27-,34-32-,39-38-,43-41-,49-47-,55-53-. The van der Waals surface area contributed by atoms with Crippen LogP contribution in [0.1, 0.15) is 284 Å². The maximum Gasteiger partial charge on any atom is 0.361 e. The SMILES string of the molecule is CC/C=C\C/C=C\C/C=C\C/C=C\C/C=C\C/C=C\C/C=C\C/C=C\C/C=C\CCCCCCCCCC(=O)OC(COC(=O)CCCCCCCCCCCCCCCCCCCC/C=C\C/C=C\C/C=C\C/C=C\CC)COC(OCC[N+](C)(C)C)C(=O)O. The molecule has 0 aliphatic carbocycles. The van der Waals surface area contributed by atoms with Gasteiger partial charge in [-0.3, -0.25) is 9.59 Å². The molecule has 0 aromatic rings. The Labute approximate surface area is 559 Å². The van der Waals surface area contributed by atoms with E-state index in [1.165, 1.54) is 122 Å². The summed E-state index contributed by atoms with van der Waals surface area (Å²) >= 11 is 0. The highest BCUT2D eigenvalue weighted by Gasteiger charge is 2.25. The molecule has 0 aromatic heterocycles. The maximum absolute atomic E-state index is 13.0. The van der Waals surface area contributed by atoms with E-state index < -0.39 is 24.3 Å². The van der Waals surface area contributed by atoms with Crippen LogP contribution in [-0.4, -0.2) is 87.4 Å². The molecule has 0 spiro atoms. The van der Waals surface area contributed by atoms with Gasteiger partial charge in [-0.15, -0.1) is 0 Å². The average molecular weight is 1260 g/mol. The van der Waals surface area contributed by atoms with Crippen LogP contribution in [0.15, 0.2) is 158 Å². The van der Waals surface area contributed by atoms with E-state index in [4.69, 9.17) is 18.9 Å². The molecule has 0 amide bonds. The zero-order valence-corrected chi connectivity index (χ0v) is 58.9. The minimum absolute atomic E-state index is 0.178. The molecular weight excluding hydrogens is 1130 g/mol. The summed E-state index contributed by atoms with van der Waals surface area (Å²) in [6.45, 7) is 4.64. The summed E-state index contributed by atoms with van der Waals surface area (Å²) in [4.78, 5) is 37.7. The fraction of sp³-hybridized carbons (Fsp3) is 0.646. The van der Waals surface area contributed by atoms with E-state index in [2.05, 4.69) is 172 Å². The number of ether oxygens (including phenoxy) is 4. The number of nitrogens with zero attached hydrogens (tertiary/aromatic N) is 1. The van der Waals surface area contributed by atoms with Crippen molar-refractivity contribution in [3.8, 4) is 0 Å². The molecular formula is C82H136NO8+. The Morgan fingerprint density at radius 3 is 0.879 bits per heavy atom. The first-order chi connectivity index (χ1) is 44.6. The third-order valence-electron chi connectivity index (χ3n) is 15.3. The molecule has 9 heteroatoms. The lowest BCUT2D eigenvalue weighted by atomic mass is 10.0. The zero-order chi connectivity index (χ0) is 66.1. The Bertz CT molecular complexity index is 2060. The highest BCUT2D eigenvalue weighted by molar-refractivity contribution is 5.71. The van der Waals surface area contributed by atoms with Crippen molar-refractivity contribution in [1.82, 2.24) is 0 Å². The molecule has 0 aliphatic rings. The normalized spacial score (nSPS) is 13.6. The molecule has 9 nitrogen and oxygen atoms in total. The Morgan fingerprint density at radius 1 is 0.330 bits per heavy atom. The number of rotatable bonds is 66. The van der Waals surface area contributed by atoms with E-state index in [1.54, 1.807) is 0 Å². The minimum atomic E-state index is -1.52.